The largest absolute Gasteiger partial charge is 0.355 e. The molecule has 0 unspecified atom stereocenters. The second kappa shape index (κ2) is 12.7. The van der Waals surface area contributed by atoms with E-state index in [2.05, 4.69) is 5.32 Å². The quantitative estimate of drug-likeness (QED) is 0.389. The van der Waals surface area contributed by atoms with Crippen molar-refractivity contribution in [1.82, 2.24) is 10.2 Å². The number of anilines is 1. The highest BCUT2D eigenvalue weighted by Gasteiger charge is 2.32. The Morgan fingerprint density at radius 3 is 2.19 bits per heavy atom. The minimum absolute atomic E-state index is 0.0600. The fraction of sp³-hybridized carbons (Fsp3) is 0.286. The third-order valence-electron chi connectivity index (χ3n) is 6.04. The summed E-state index contributed by atoms with van der Waals surface area (Å²) in [7, 11) is -4.10. The number of nitrogens with one attached hydrogen (secondary N) is 1. The van der Waals surface area contributed by atoms with Crippen LogP contribution in [0.15, 0.2) is 83.8 Å². The number of aryl methyl sites for hydroxylation is 1. The second-order valence-electron chi connectivity index (χ2n) is 8.65. The van der Waals surface area contributed by atoms with Gasteiger partial charge in [-0.05, 0) is 68.7 Å². The number of rotatable bonds is 11. The summed E-state index contributed by atoms with van der Waals surface area (Å²) in [6.45, 7) is 5.39. The van der Waals surface area contributed by atoms with Crippen LogP contribution in [0.1, 0.15) is 25.0 Å². The number of nitrogens with zero attached hydrogens (tertiary/aromatic N) is 2. The van der Waals surface area contributed by atoms with Crippen molar-refractivity contribution in [3.05, 3.63) is 95.0 Å². The van der Waals surface area contributed by atoms with Gasteiger partial charge in [-0.25, -0.2) is 8.42 Å². The molecule has 0 aliphatic carbocycles. The van der Waals surface area contributed by atoms with Crippen LogP contribution < -0.4 is 9.62 Å². The van der Waals surface area contributed by atoms with Gasteiger partial charge in [0, 0.05) is 18.1 Å². The molecule has 1 N–H and O–H groups in total. The number of sulfonamides is 1. The average molecular weight is 542 g/mol. The minimum Gasteiger partial charge on any atom is -0.355 e. The van der Waals surface area contributed by atoms with E-state index in [0.717, 1.165) is 9.87 Å². The minimum atomic E-state index is -4.10. The van der Waals surface area contributed by atoms with E-state index in [0.29, 0.717) is 29.2 Å². The van der Waals surface area contributed by atoms with E-state index in [9.17, 15) is 18.0 Å². The lowest BCUT2D eigenvalue weighted by molar-refractivity contribution is -0.138. The molecule has 3 aromatic rings. The highest BCUT2D eigenvalue weighted by atomic mass is 35.5. The number of hydrogen-bond donors (Lipinski definition) is 1. The van der Waals surface area contributed by atoms with Gasteiger partial charge < -0.3 is 10.2 Å². The molecule has 0 aliphatic heterocycles. The molecule has 7 nitrogen and oxygen atoms in total. The van der Waals surface area contributed by atoms with Crippen molar-refractivity contribution in [2.24, 2.45) is 0 Å². The molecule has 0 spiro atoms. The van der Waals surface area contributed by atoms with Crippen molar-refractivity contribution in [2.45, 2.75) is 38.1 Å². The molecule has 0 saturated carbocycles. The molecule has 9 heteroatoms. The standard InChI is InChI=1S/C28H32ClN3O4S/c1-4-30-28(34)22(3)31(18-17-23-11-7-5-8-12-23)27(33)20-32(26-16-15-24(29)19-21(26)2)37(35,36)25-13-9-6-10-14-25/h5-16,19,22H,4,17-18,20H2,1-3H3,(H,30,34)/t22-/m1/s1. The Balaban J connectivity index is 1.99. The van der Waals surface area contributed by atoms with Crippen LogP contribution in [0.2, 0.25) is 5.02 Å². The Morgan fingerprint density at radius 1 is 0.973 bits per heavy atom. The normalized spacial score (nSPS) is 12.0. The van der Waals surface area contributed by atoms with Crippen molar-refractivity contribution in [2.75, 3.05) is 23.9 Å². The fourth-order valence-electron chi connectivity index (χ4n) is 4.02. The number of carbonyl (C=O) groups is 2. The van der Waals surface area contributed by atoms with Crippen molar-refractivity contribution in [3.8, 4) is 0 Å². The summed E-state index contributed by atoms with van der Waals surface area (Å²) in [6, 6.07) is 21.6. The summed E-state index contributed by atoms with van der Waals surface area (Å²) in [5.41, 5.74) is 1.95. The molecule has 0 heterocycles. The van der Waals surface area contributed by atoms with E-state index in [1.165, 1.54) is 17.0 Å². The van der Waals surface area contributed by atoms with Crippen molar-refractivity contribution in [3.63, 3.8) is 0 Å². The molecule has 0 bridgehead atoms. The maximum Gasteiger partial charge on any atom is 0.264 e. The number of hydrogen-bond acceptors (Lipinski definition) is 4. The molecule has 196 valence electrons. The Hall–Kier alpha value is -3.36. The predicted molar refractivity (Wildman–Crippen MR) is 147 cm³/mol. The van der Waals surface area contributed by atoms with Gasteiger partial charge in [-0.3, -0.25) is 13.9 Å². The van der Waals surface area contributed by atoms with Crippen LogP contribution in [-0.4, -0.2) is 50.8 Å². The summed E-state index contributed by atoms with van der Waals surface area (Å²) < 4.78 is 28.6. The van der Waals surface area contributed by atoms with Crippen molar-refractivity contribution < 1.29 is 18.0 Å². The lowest BCUT2D eigenvalue weighted by Gasteiger charge is -2.32. The number of carbonyl (C=O) groups excluding carboxylic acids is 2. The van der Waals surface area contributed by atoms with Gasteiger partial charge in [-0.15, -0.1) is 0 Å². The summed E-state index contributed by atoms with van der Waals surface area (Å²) in [5, 5.41) is 3.21. The van der Waals surface area contributed by atoms with Crippen LogP contribution in [-0.2, 0) is 26.0 Å². The molecule has 3 rings (SSSR count). The van der Waals surface area contributed by atoms with Gasteiger partial charge in [0.25, 0.3) is 10.0 Å². The zero-order valence-electron chi connectivity index (χ0n) is 21.2. The zero-order valence-corrected chi connectivity index (χ0v) is 22.8. The number of benzene rings is 3. The third kappa shape index (κ3) is 7.11. The lowest BCUT2D eigenvalue weighted by Crippen LogP contribution is -2.52. The van der Waals surface area contributed by atoms with E-state index >= 15 is 0 Å². The molecule has 0 saturated heterocycles. The van der Waals surface area contributed by atoms with Gasteiger partial charge in [-0.1, -0.05) is 60.1 Å². The lowest BCUT2D eigenvalue weighted by atomic mass is 10.1. The SMILES string of the molecule is CCNC(=O)[C@@H](C)N(CCc1ccccc1)C(=O)CN(c1ccc(Cl)cc1C)S(=O)(=O)c1ccccc1. The third-order valence-corrected chi connectivity index (χ3v) is 8.05. The van der Waals surface area contributed by atoms with E-state index in [1.807, 2.05) is 30.3 Å². The van der Waals surface area contributed by atoms with Gasteiger partial charge in [0.15, 0.2) is 0 Å². The van der Waals surface area contributed by atoms with Gasteiger partial charge >= 0.3 is 0 Å². The first-order valence-corrected chi connectivity index (χ1v) is 13.9. The van der Waals surface area contributed by atoms with Crippen LogP contribution in [0, 0.1) is 6.92 Å². The Kier molecular flexibility index (Phi) is 9.72. The van der Waals surface area contributed by atoms with Crippen molar-refractivity contribution in [1.29, 1.82) is 0 Å². The molecule has 3 aromatic carbocycles. The van der Waals surface area contributed by atoms with E-state index in [1.54, 1.807) is 57.2 Å². The van der Waals surface area contributed by atoms with Crippen LogP contribution >= 0.6 is 11.6 Å². The molecule has 0 radical (unpaired) electrons. The van der Waals surface area contributed by atoms with E-state index in [-0.39, 0.29) is 17.3 Å². The molecule has 0 aromatic heterocycles. The summed E-state index contributed by atoms with van der Waals surface area (Å²) in [4.78, 5) is 28.0. The zero-order chi connectivity index (χ0) is 27.0. The molecular formula is C28H32ClN3O4S. The van der Waals surface area contributed by atoms with E-state index < -0.39 is 28.5 Å². The maximum absolute atomic E-state index is 13.8. The van der Waals surface area contributed by atoms with Crippen LogP contribution in [0.4, 0.5) is 5.69 Å². The van der Waals surface area contributed by atoms with Gasteiger partial charge in [0.05, 0.1) is 10.6 Å². The summed E-state index contributed by atoms with van der Waals surface area (Å²) in [5.74, 6) is -0.785. The molecule has 0 aliphatic rings. The molecule has 0 fully saturated rings. The molecule has 2 amide bonds. The summed E-state index contributed by atoms with van der Waals surface area (Å²) in [6.07, 6.45) is 0.516. The highest BCUT2D eigenvalue weighted by Crippen LogP contribution is 2.29. The molecule has 37 heavy (non-hydrogen) atoms. The van der Waals surface area contributed by atoms with Gasteiger partial charge in [0.2, 0.25) is 11.8 Å². The average Bonchev–Trinajstić information content (AvgIpc) is 2.89. The number of halogens is 1. The van der Waals surface area contributed by atoms with Crippen LogP contribution in [0.25, 0.3) is 0 Å². The first-order valence-electron chi connectivity index (χ1n) is 12.1. The highest BCUT2D eigenvalue weighted by molar-refractivity contribution is 7.92. The molecule has 1 atom stereocenters. The van der Waals surface area contributed by atoms with Gasteiger partial charge in [0.1, 0.15) is 12.6 Å². The fourth-order valence-corrected chi connectivity index (χ4v) is 5.75. The maximum atomic E-state index is 13.8. The van der Waals surface area contributed by atoms with Crippen molar-refractivity contribution >= 4 is 39.1 Å². The summed E-state index contributed by atoms with van der Waals surface area (Å²) >= 11 is 6.13. The number of likely N-dealkylation sites (N-methyl/N-ethyl adjacent to an activating group) is 1. The Bertz CT molecular complexity index is 1320. The predicted octanol–water partition coefficient (Wildman–Crippen LogP) is 4.44. The first-order chi connectivity index (χ1) is 17.6. The Labute approximate surface area is 224 Å². The second-order valence-corrected chi connectivity index (χ2v) is 10.9. The van der Waals surface area contributed by atoms with Gasteiger partial charge in [-0.2, -0.15) is 0 Å². The van der Waals surface area contributed by atoms with E-state index in [4.69, 9.17) is 11.6 Å². The monoisotopic (exact) mass is 541 g/mol. The smallest absolute Gasteiger partial charge is 0.264 e. The Morgan fingerprint density at radius 2 is 1.59 bits per heavy atom. The topological polar surface area (TPSA) is 86.8 Å². The number of amides is 2. The molecular weight excluding hydrogens is 510 g/mol. The first kappa shape index (κ1) is 28.2. The van der Waals surface area contributed by atoms with Crippen LogP contribution in [0.5, 0.6) is 0 Å². The van der Waals surface area contributed by atoms with Crippen LogP contribution in [0.3, 0.4) is 0 Å².